The van der Waals surface area contributed by atoms with Crippen LogP contribution in [0.1, 0.15) is 11.3 Å². The molecule has 0 spiro atoms. The molecule has 0 bridgehead atoms. The quantitative estimate of drug-likeness (QED) is 0.666. The summed E-state index contributed by atoms with van der Waals surface area (Å²) in [6, 6.07) is 12.6. The van der Waals surface area contributed by atoms with E-state index < -0.39 is 5.91 Å². The number of halogens is 1. The molecule has 2 heterocycles. The zero-order valence-electron chi connectivity index (χ0n) is 15.8. The summed E-state index contributed by atoms with van der Waals surface area (Å²) >= 11 is 6.15. The third kappa shape index (κ3) is 3.52. The Morgan fingerprint density at radius 3 is 2.72 bits per heavy atom. The van der Waals surface area contributed by atoms with Gasteiger partial charge < -0.3 is 14.8 Å². The number of benzene rings is 2. The maximum Gasteiger partial charge on any atom is 0.295 e. The van der Waals surface area contributed by atoms with Crippen LogP contribution in [0.3, 0.4) is 0 Å². The minimum Gasteiger partial charge on any atom is -0.454 e. The normalized spacial score (nSPS) is 12.5. The van der Waals surface area contributed by atoms with E-state index in [9.17, 15) is 9.59 Å². The molecule has 1 aliphatic heterocycles. The zero-order valence-corrected chi connectivity index (χ0v) is 16.6. The minimum atomic E-state index is -0.426. The number of aromatic nitrogens is 2. The number of anilines is 1. The third-order valence-electron chi connectivity index (χ3n) is 4.68. The summed E-state index contributed by atoms with van der Waals surface area (Å²) < 4.78 is 13.8. The summed E-state index contributed by atoms with van der Waals surface area (Å²) in [4.78, 5) is 25.3. The van der Waals surface area contributed by atoms with Crippen molar-refractivity contribution in [3.05, 3.63) is 75.2 Å². The van der Waals surface area contributed by atoms with Gasteiger partial charge in [0.25, 0.3) is 5.56 Å². The molecule has 1 aromatic heterocycles. The smallest absolute Gasteiger partial charge is 0.295 e. The molecular weight excluding hydrogens is 394 g/mol. The molecule has 148 valence electrons. The first-order valence-corrected chi connectivity index (χ1v) is 9.25. The SMILES string of the molecule is Cc1c(NC(=O)C=Cc2cc(Cl)c3c(c2)OCO3)c(=O)n(-c2ccccc2)n1C. The summed E-state index contributed by atoms with van der Waals surface area (Å²) in [5, 5.41) is 3.08. The van der Waals surface area contributed by atoms with E-state index in [4.69, 9.17) is 21.1 Å². The number of carbonyl (C=O) groups is 1. The van der Waals surface area contributed by atoms with Crippen LogP contribution in [0, 0.1) is 6.92 Å². The van der Waals surface area contributed by atoms with Gasteiger partial charge in [0.1, 0.15) is 5.69 Å². The van der Waals surface area contributed by atoms with Crippen molar-refractivity contribution >= 4 is 29.3 Å². The Morgan fingerprint density at radius 2 is 1.97 bits per heavy atom. The molecule has 0 saturated carbocycles. The molecule has 1 N–H and O–H groups in total. The van der Waals surface area contributed by atoms with Crippen LogP contribution in [-0.2, 0) is 11.8 Å². The lowest BCUT2D eigenvalue weighted by Crippen LogP contribution is -2.22. The Balaban J connectivity index is 1.57. The number of para-hydroxylation sites is 1. The van der Waals surface area contributed by atoms with Crippen molar-refractivity contribution in [1.82, 2.24) is 9.36 Å². The first-order chi connectivity index (χ1) is 14.0. The van der Waals surface area contributed by atoms with Crippen molar-refractivity contribution in [2.24, 2.45) is 7.05 Å². The standard InChI is InChI=1S/C21H18ClN3O4/c1-13-19(21(27)25(24(13)2)15-6-4-3-5-7-15)23-18(26)9-8-14-10-16(22)20-17(11-14)28-12-29-20/h3-11H,12H2,1-2H3,(H,23,26). The fourth-order valence-corrected chi connectivity index (χ4v) is 3.41. The molecule has 0 fully saturated rings. The fraction of sp³-hybridized carbons (Fsp3) is 0.143. The predicted molar refractivity (Wildman–Crippen MR) is 111 cm³/mol. The largest absolute Gasteiger partial charge is 0.454 e. The molecule has 3 aromatic rings. The molecule has 0 radical (unpaired) electrons. The van der Waals surface area contributed by atoms with Gasteiger partial charge in [-0.25, -0.2) is 4.68 Å². The highest BCUT2D eigenvalue weighted by Crippen LogP contribution is 2.40. The van der Waals surface area contributed by atoms with E-state index >= 15 is 0 Å². The van der Waals surface area contributed by atoms with Gasteiger partial charge >= 0.3 is 0 Å². The van der Waals surface area contributed by atoms with Gasteiger partial charge in [-0.2, -0.15) is 0 Å². The Labute approximate surface area is 171 Å². The number of rotatable bonds is 4. The van der Waals surface area contributed by atoms with Crippen LogP contribution < -0.4 is 20.3 Å². The van der Waals surface area contributed by atoms with Crippen molar-refractivity contribution in [3.8, 4) is 17.2 Å². The lowest BCUT2D eigenvalue weighted by molar-refractivity contribution is -0.111. The summed E-state index contributed by atoms with van der Waals surface area (Å²) in [7, 11) is 1.77. The monoisotopic (exact) mass is 411 g/mol. The first kappa shape index (κ1) is 18.9. The van der Waals surface area contributed by atoms with E-state index in [0.29, 0.717) is 33.5 Å². The lowest BCUT2D eigenvalue weighted by Gasteiger charge is -2.07. The number of carbonyl (C=O) groups excluding carboxylic acids is 1. The van der Waals surface area contributed by atoms with Gasteiger partial charge in [0.2, 0.25) is 12.7 Å². The number of fused-ring (bicyclic) bond motifs is 1. The van der Waals surface area contributed by atoms with Crippen LogP contribution in [0.2, 0.25) is 5.02 Å². The van der Waals surface area contributed by atoms with E-state index in [1.54, 1.807) is 36.9 Å². The molecular formula is C21H18ClN3O4. The molecule has 0 aliphatic carbocycles. The highest BCUT2D eigenvalue weighted by Gasteiger charge is 2.19. The van der Waals surface area contributed by atoms with Crippen LogP contribution in [0.5, 0.6) is 11.5 Å². The van der Waals surface area contributed by atoms with E-state index in [1.807, 2.05) is 30.3 Å². The lowest BCUT2D eigenvalue weighted by atomic mass is 10.2. The van der Waals surface area contributed by atoms with Crippen LogP contribution in [0.25, 0.3) is 11.8 Å². The van der Waals surface area contributed by atoms with Crippen molar-refractivity contribution < 1.29 is 14.3 Å². The molecule has 0 saturated heterocycles. The Bertz CT molecular complexity index is 1180. The van der Waals surface area contributed by atoms with Gasteiger partial charge in [0.05, 0.1) is 16.4 Å². The fourth-order valence-electron chi connectivity index (χ4n) is 3.13. The molecule has 1 amide bonds. The Morgan fingerprint density at radius 1 is 1.21 bits per heavy atom. The molecule has 4 rings (SSSR count). The number of amides is 1. The highest BCUT2D eigenvalue weighted by molar-refractivity contribution is 6.32. The van der Waals surface area contributed by atoms with Gasteiger partial charge in [0.15, 0.2) is 11.5 Å². The summed E-state index contributed by atoms with van der Waals surface area (Å²) in [5.74, 6) is 0.599. The third-order valence-corrected chi connectivity index (χ3v) is 4.96. The van der Waals surface area contributed by atoms with Crippen LogP contribution >= 0.6 is 11.6 Å². The Kier molecular flexibility index (Phi) is 4.90. The predicted octanol–water partition coefficient (Wildman–Crippen LogP) is 3.52. The average Bonchev–Trinajstić information content (AvgIpc) is 3.27. The molecule has 2 aromatic carbocycles. The van der Waals surface area contributed by atoms with Gasteiger partial charge in [-0.1, -0.05) is 29.8 Å². The second kappa shape index (κ2) is 7.52. The second-order valence-electron chi connectivity index (χ2n) is 6.50. The molecule has 0 atom stereocenters. The van der Waals surface area contributed by atoms with E-state index in [-0.39, 0.29) is 18.0 Å². The van der Waals surface area contributed by atoms with Crippen molar-refractivity contribution in [2.75, 3.05) is 12.1 Å². The number of nitrogens with one attached hydrogen (secondary N) is 1. The zero-order chi connectivity index (χ0) is 20.5. The molecule has 8 heteroatoms. The molecule has 1 aliphatic rings. The van der Waals surface area contributed by atoms with Crippen LogP contribution in [0.4, 0.5) is 5.69 Å². The van der Waals surface area contributed by atoms with E-state index in [0.717, 1.165) is 0 Å². The summed E-state index contributed by atoms with van der Waals surface area (Å²) in [6.07, 6.45) is 2.93. The Hall–Kier alpha value is -3.45. The first-order valence-electron chi connectivity index (χ1n) is 8.88. The number of hydrogen-bond acceptors (Lipinski definition) is 4. The van der Waals surface area contributed by atoms with E-state index in [2.05, 4.69) is 5.32 Å². The maximum absolute atomic E-state index is 12.8. The highest BCUT2D eigenvalue weighted by atomic mass is 35.5. The molecule has 29 heavy (non-hydrogen) atoms. The van der Waals surface area contributed by atoms with Gasteiger partial charge in [-0.3, -0.25) is 14.3 Å². The van der Waals surface area contributed by atoms with Crippen molar-refractivity contribution in [1.29, 1.82) is 0 Å². The average molecular weight is 412 g/mol. The second-order valence-corrected chi connectivity index (χ2v) is 6.90. The van der Waals surface area contributed by atoms with Gasteiger partial charge in [-0.15, -0.1) is 0 Å². The number of hydrogen-bond donors (Lipinski definition) is 1. The number of ether oxygens (including phenoxy) is 2. The molecule has 7 nitrogen and oxygen atoms in total. The molecule has 0 unspecified atom stereocenters. The van der Waals surface area contributed by atoms with E-state index in [1.165, 1.54) is 10.8 Å². The minimum absolute atomic E-state index is 0.115. The topological polar surface area (TPSA) is 74.5 Å². The summed E-state index contributed by atoms with van der Waals surface area (Å²) in [6.45, 7) is 1.89. The number of nitrogens with zero attached hydrogens (tertiary/aromatic N) is 2. The van der Waals surface area contributed by atoms with Crippen LogP contribution in [0.15, 0.2) is 53.3 Å². The summed E-state index contributed by atoms with van der Waals surface area (Å²) in [5.41, 5.74) is 1.97. The van der Waals surface area contributed by atoms with Crippen molar-refractivity contribution in [3.63, 3.8) is 0 Å². The maximum atomic E-state index is 12.8. The van der Waals surface area contributed by atoms with Gasteiger partial charge in [-0.05, 0) is 42.8 Å². The van der Waals surface area contributed by atoms with Crippen LogP contribution in [-0.4, -0.2) is 22.1 Å². The van der Waals surface area contributed by atoms with Crippen molar-refractivity contribution in [2.45, 2.75) is 6.92 Å². The van der Waals surface area contributed by atoms with Gasteiger partial charge in [0, 0.05) is 13.1 Å².